The maximum atomic E-state index is 12.5. The Morgan fingerprint density at radius 3 is 2.91 bits per heavy atom. The van der Waals surface area contributed by atoms with Crippen LogP contribution in [0.15, 0.2) is 11.6 Å². The quantitative estimate of drug-likeness (QED) is 0.876. The molecule has 2 heterocycles. The van der Waals surface area contributed by atoms with Crippen molar-refractivity contribution in [2.75, 3.05) is 11.9 Å². The van der Waals surface area contributed by atoms with E-state index in [0.29, 0.717) is 0 Å². The summed E-state index contributed by atoms with van der Waals surface area (Å²) in [5.41, 5.74) is -0.446. The first-order valence-electron chi connectivity index (χ1n) is 8.51. The number of carbonyl (C=O) groups excluding carboxylic acids is 1. The highest BCUT2D eigenvalue weighted by Gasteiger charge is 2.30. The summed E-state index contributed by atoms with van der Waals surface area (Å²) in [6.45, 7) is 8.71. The minimum absolute atomic E-state index is 0.175. The summed E-state index contributed by atoms with van der Waals surface area (Å²) >= 11 is 1.60. The number of ether oxygens (including phenoxy) is 1. The van der Waals surface area contributed by atoms with Crippen molar-refractivity contribution in [3.63, 3.8) is 0 Å². The lowest BCUT2D eigenvalue weighted by molar-refractivity contribution is 0.0155. The molecule has 1 aromatic rings. The van der Waals surface area contributed by atoms with Crippen LogP contribution in [0.1, 0.15) is 59.8 Å². The van der Waals surface area contributed by atoms with E-state index in [9.17, 15) is 4.79 Å². The fourth-order valence-electron chi connectivity index (χ4n) is 2.96. The molecule has 1 aromatic heterocycles. The molecule has 23 heavy (non-hydrogen) atoms. The summed E-state index contributed by atoms with van der Waals surface area (Å²) in [6, 6.07) is 0.504. The van der Waals surface area contributed by atoms with Gasteiger partial charge in [0.2, 0.25) is 0 Å². The van der Waals surface area contributed by atoms with Crippen molar-refractivity contribution in [1.82, 2.24) is 9.88 Å². The molecule has 1 N–H and O–H groups in total. The van der Waals surface area contributed by atoms with Gasteiger partial charge in [0.05, 0.1) is 0 Å². The third-order valence-electron chi connectivity index (χ3n) is 3.93. The zero-order chi connectivity index (χ0) is 16.9. The zero-order valence-electron chi connectivity index (χ0n) is 14.7. The number of nitrogens with one attached hydrogen (secondary N) is 1. The van der Waals surface area contributed by atoms with Crippen molar-refractivity contribution < 1.29 is 9.53 Å². The lowest BCUT2D eigenvalue weighted by Gasteiger charge is -2.33. The summed E-state index contributed by atoms with van der Waals surface area (Å²) < 4.78 is 5.61. The second-order valence-corrected chi connectivity index (χ2v) is 8.19. The monoisotopic (exact) mass is 339 g/mol. The number of anilines is 1. The van der Waals surface area contributed by atoms with Crippen LogP contribution in [0, 0.1) is 0 Å². The van der Waals surface area contributed by atoms with Crippen molar-refractivity contribution in [3.8, 4) is 0 Å². The number of hydrogen-bond acceptors (Lipinski definition) is 5. The van der Waals surface area contributed by atoms with E-state index in [0.717, 1.165) is 30.9 Å². The van der Waals surface area contributed by atoms with Crippen LogP contribution in [-0.4, -0.2) is 40.2 Å². The number of amides is 1. The largest absolute Gasteiger partial charge is 0.444 e. The van der Waals surface area contributed by atoms with Gasteiger partial charge in [-0.25, -0.2) is 9.78 Å². The molecule has 0 bridgehead atoms. The number of thiazole rings is 1. The van der Waals surface area contributed by atoms with Gasteiger partial charge in [-0.05, 0) is 47.0 Å². The first-order chi connectivity index (χ1) is 10.8. The predicted octanol–water partition coefficient (Wildman–Crippen LogP) is 4.51. The molecule has 0 aliphatic carbocycles. The van der Waals surface area contributed by atoms with Crippen LogP contribution in [-0.2, 0) is 4.74 Å². The standard InChI is InChI=1S/C17H29N3O2S/c1-13(19-15-18-9-11-23-15)12-14-8-6-5-7-10-20(14)16(21)22-17(2,3)4/h9,11,13-14H,5-8,10,12H2,1-4H3,(H,18,19). The third kappa shape index (κ3) is 6.01. The van der Waals surface area contributed by atoms with Gasteiger partial charge < -0.3 is 15.0 Å². The molecule has 1 aliphatic rings. The predicted molar refractivity (Wildman–Crippen MR) is 95.0 cm³/mol. The molecule has 2 atom stereocenters. The average molecular weight is 340 g/mol. The highest BCUT2D eigenvalue weighted by molar-refractivity contribution is 7.13. The molecule has 1 amide bonds. The first-order valence-corrected chi connectivity index (χ1v) is 9.39. The molecule has 0 radical (unpaired) electrons. The molecule has 0 saturated carbocycles. The van der Waals surface area contributed by atoms with Crippen LogP contribution in [0.25, 0.3) is 0 Å². The van der Waals surface area contributed by atoms with Gasteiger partial charge in [0.15, 0.2) is 5.13 Å². The smallest absolute Gasteiger partial charge is 0.410 e. The highest BCUT2D eigenvalue weighted by Crippen LogP contribution is 2.24. The van der Waals surface area contributed by atoms with E-state index in [4.69, 9.17) is 4.74 Å². The van der Waals surface area contributed by atoms with E-state index in [2.05, 4.69) is 17.2 Å². The van der Waals surface area contributed by atoms with Crippen molar-refractivity contribution >= 4 is 22.6 Å². The van der Waals surface area contributed by atoms with Gasteiger partial charge in [0.25, 0.3) is 0 Å². The van der Waals surface area contributed by atoms with Crippen LogP contribution in [0.2, 0.25) is 0 Å². The van der Waals surface area contributed by atoms with Crippen molar-refractivity contribution in [3.05, 3.63) is 11.6 Å². The second-order valence-electron chi connectivity index (χ2n) is 7.30. The van der Waals surface area contributed by atoms with Crippen LogP contribution >= 0.6 is 11.3 Å². The van der Waals surface area contributed by atoms with E-state index >= 15 is 0 Å². The Kier molecular flexibility index (Phi) is 6.27. The van der Waals surface area contributed by atoms with Gasteiger partial charge in [-0.1, -0.05) is 12.8 Å². The molecule has 0 spiro atoms. The molecule has 6 heteroatoms. The van der Waals surface area contributed by atoms with E-state index in [1.165, 1.54) is 12.8 Å². The Hall–Kier alpha value is -1.30. The van der Waals surface area contributed by atoms with E-state index < -0.39 is 5.60 Å². The fraction of sp³-hybridized carbons (Fsp3) is 0.765. The minimum Gasteiger partial charge on any atom is -0.444 e. The molecule has 130 valence electrons. The van der Waals surface area contributed by atoms with Crippen molar-refractivity contribution in [1.29, 1.82) is 0 Å². The molecular weight excluding hydrogens is 310 g/mol. The number of likely N-dealkylation sites (tertiary alicyclic amines) is 1. The molecule has 2 unspecified atom stereocenters. The SMILES string of the molecule is CC(CC1CCCCCN1C(=O)OC(C)(C)C)Nc1nccs1. The van der Waals surface area contributed by atoms with Gasteiger partial charge in [-0.2, -0.15) is 0 Å². The molecule has 1 aliphatic heterocycles. The summed E-state index contributed by atoms with van der Waals surface area (Å²) in [5, 5.41) is 6.33. The van der Waals surface area contributed by atoms with Crippen LogP contribution in [0.5, 0.6) is 0 Å². The fourth-order valence-corrected chi connectivity index (χ4v) is 3.60. The lowest BCUT2D eigenvalue weighted by Crippen LogP contribution is -2.44. The number of nitrogens with zero attached hydrogens (tertiary/aromatic N) is 2. The third-order valence-corrected chi connectivity index (χ3v) is 4.64. The topological polar surface area (TPSA) is 54.5 Å². The second kappa shape index (κ2) is 7.99. The number of hydrogen-bond donors (Lipinski definition) is 1. The summed E-state index contributed by atoms with van der Waals surface area (Å²) in [4.78, 5) is 18.8. The minimum atomic E-state index is -0.446. The van der Waals surface area contributed by atoms with Crippen molar-refractivity contribution in [2.45, 2.75) is 77.5 Å². The summed E-state index contributed by atoms with van der Waals surface area (Å²) in [7, 11) is 0. The van der Waals surface area contributed by atoms with Crippen LogP contribution < -0.4 is 5.32 Å². The Morgan fingerprint density at radius 1 is 1.48 bits per heavy atom. The molecular formula is C17H29N3O2S. The maximum absolute atomic E-state index is 12.5. The molecule has 0 aromatic carbocycles. The Bertz CT molecular complexity index is 485. The Labute approximate surface area is 143 Å². The lowest BCUT2D eigenvalue weighted by atomic mass is 10.0. The number of aromatic nitrogens is 1. The number of carbonyl (C=O) groups is 1. The molecule has 1 saturated heterocycles. The summed E-state index contributed by atoms with van der Waals surface area (Å²) in [5.74, 6) is 0. The van der Waals surface area contributed by atoms with Gasteiger partial charge in [0.1, 0.15) is 5.60 Å². The van der Waals surface area contributed by atoms with Gasteiger partial charge in [-0.3, -0.25) is 0 Å². The molecule has 2 rings (SSSR count). The Balaban J connectivity index is 1.98. The summed E-state index contributed by atoms with van der Waals surface area (Å²) in [6.07, 6.45) is 7.01. The van der Waals surface area contributed by atoms with Gasteiger partial charge in [-0.15, -0.1) is 11.3 Å². The normalized spacial score (nSPS) is 20.7. The van der Waals surface area contributed by atoms with E-state index in [1.54, 1.807) is 17.5 Å². The Morgan fingerprint density at radius 2 is 2.26 bits per heavy atom. The van der Waals surface area contributed by atoms with E-state index in [1.807, 2.05) is 31.1 Å². The number of rotatable bonds is 4. The van der Waals surface area contributed by atoms with E-state index in [-0.39, 0.29) is 18.2 Å². The first kappa shape index (κ1) is 18.0. The zero-order valence-corrected chi connectivity index (χ0v) is 15.5. The van der Waals surface area contributed by atoms with Gasteiger partial charge in [0, 0.05) is 30.2 Å². The molecule has 5 nitrogen and oxygen atoms in total. The van der Waals surface area contributed by atoms with Crippen LogP contribution in [0.3, 0.4) is 0 Å². The molecule has 1 fully saturated rings. The van der Waals surface area contributed by atoms with Crippen LogP contribution in [0.4, 0.5) is 9.93 Å². The average Bonchev–Trinajstić information content (AvgIpc) is 2.81. The van der Waals surface area contributed by atoms with Crippen molar-refractivity contribution in [2.24, 2.45) is 0 Å². The highest BCUT2D eigenvalue weighted by atomic mass is 32.1. The van der Waals surface area contributed by atoms with Gasteiger partial charge >= 0.3 is 6.09 Å². The maximum Gasteiger partial charge on any atom is 0.410 e.